The van der Waals surface area contributed by atoms with Crippen LogP contribution in [0.5, 0.6) is 0 Å². The van der Waals surface area contributed by atoms with Crippen molar-refractivity contribution in [1.29, 1.82) is 5.26 Å². The lowest BCUT2D eigenvalue weighted by Gasteiger charge is -2.11. The topological polar surface area (TPSA) is 87.0 Å². The highest BCUT2D eigenvalue weighted by Gasteiger charge is 2.55. The largest absolute Gasteiger partial charge is 0.273 e. The number of allylic oxidation sites excluding steroid dienone is 1. The van der Waals surface area contributed by atoms with Crippen molar-refractivity contribution < 1.29 is 13.2 Å². The predicted octanol–water partition coefficient (Wildman–Crippen LogP) is 1.58. The van der Waals surface area contributed by atoms with E-state index in [0.717, 1.165) is 0 Å². The molecule has 1 fully saturated rings. The highest BCUT2D eigenvalue weighted by molar-refractivity contribution is 7.90. The number of sulfonamides is 1. The maximum Gasteiger partial charge on any atom is 0.264 e. The number of nitrogens with one attached hydrogen (secondary N) is 1. The van der Waals surface area contributed by atoms with Gasteiger partial charge in [0.2, 0.25) is 5.91 Å². The van der Waals surface area contributed by atoms with Gasteiger partial charge in [-0.3, -0.25) is 4.79 Å². The van der Waals surface area contributed by atoms with Crippen molar-refractivity contribution in [2.24, 2.45) is 11.3 Å². The van der Waals surface area contributed by atoms with Crippen molar-refractivity contribution >= 4 is 15.9 Å². The molecular weight excluding hydrogens is 276 g/mol. The summed E-state index contributed by atoms with van der Waals surface area (Å²) in [6, 6.07) is 7.29. The van der Waals surface area contributed by atoms with Crippen LogP contribution in [0.1, 0.15) is 18.9 Å². The molecule has 1 aliphatic rings. The predicted molar refractivity (Wildman–Crippen MR) is 72.9 cm³/mol. The first-order valence-electron chi connectivity index (χ1n) is 6.03. The van der Waals surface area contributed by atoms with E-state index in [4.69, 9.17) is 5.26 Å². The first-order valence-corrected chi connectivity index (χ1v) is 7.52. The van der Waals surface area contributed by atoms with E-state index in [9.17, 15) is 13.2 Å². The second kappa shape index (κ2) is 4.76. The van der Waals surface area contributed by atoms with E-state index in [2.05, 4.69) is 11.3 Å². The summed E-state index contributed by atoms with van der Waals surface area (Å²) >= 11 is 0. The Bertz CT molecular complexity index is 701. The number of benzene rings is 1. The summed E-state index contributed by atoms with van der Waals surface area (Å²) in [7, 11) is -3.90. The molecule has 0 aromatic heterocycles. The zero-order valence-corrected chi connectivity index (χ0v) is 11.8. The number of carbonyl (C=O) groups excluding carboxylic acids is 1. The lowest BCUT2D eigenvalue weighted by molar-refractivity contribution is -0.124. The van der Waals surface area contributed by atoms with Crippen LogP contribution in [0.2, 0.25) is 0 Å². The Hall–Kier alpha value is -2.13. The van der Waals surface area contributed by atoms with Gasteiger partial charge in [-0.2, -0.15) is 5.26 Å². The van der Waals surface area contributed by atoms with E-state index in [1.54, 1.807) is 13.0 Å². The molecule has 0 spiro atoms. The van der Waals surface area contributed by atoms with Gasteiger partial charge in [0.15, 0.2) is 0 Å². The first-order chi connectivity index (χ1) is 9.33. The van der Waals surface area contributed by atoms with E-state index in [1.165, 1.54) is 24.3 Å². The third kappa shape index (κ3) is 2.45. The number of amides is 1. The number of hydrogen-bond acceptors (Lipinski definition) is 4. The van der Waals surface area contributed by atoms with Crippen molar-refractivity contribution in [1.82, 2.24) is 4.72 Å². The Labute approximate surface area is 118 Å². The second-order valence-corrected chi connectivity index (χ2v) is 6.72. The van der Waals surface area contributed by atoms with Crippen LogP contribution in [0, 0.1) is 22.7 Å². The molecule has 0 unspecified atom stereocenters. The molecule has 0 bridgehead atoms. The molecule has 1 N–H and O–H groups in total. The quantitative estimate of drug-likeness (QED) is 0.853. The van der Waals surface area contributed by atoms with Crippen LogP contribution < -0.4 is 4.72 Å². The Morgan fingerprint density at radius 1 is 1.50 bits per heavy atom. The van der Waals surface area contributed by atoms with Crippen LogP contribution in [0.25, 0.3) is 0 Å². The summed E-state index contributed by atoms with van der Waals surface area (Å²) in [5, 5.41) is 8.67. The Kier molecular flexibility index (Phi) is 3.40. The molecule has 2 rings (SSSR count). The Morgan fingerprint density at radius 2 is 2.10 bits per heavy atom. The summed E-state index contributed by atoms with van der Waals surface area (Å²) in [4.78, 5) is 12.0. The van der Waals surface area contributed by atoms with Gasteiger partial charge in [0.25, 0.3) is 10.0 Å². The molecule has 0 saturated heterocycles. The molecule has 0 aliphatic heterocycles. The third-order valence-electron chi connectivity index (χ3n) is 3.63. The zero-order valence-electron chi connectivity index (χ0n) is 11.0. The summed E-state index contributed by atoms with van der Waals surface area (Å²) in [6.45, 7) is 5.33. The minimum Gasteiger partial charge on any atom is -0.273 e. The smallest absolute Gasteiger partial charge is 0.264 e. The molecule has 0 heterocycles. The van der Waals surface area contributed by atoms with E-state index in [0.29, 0.717) is 12.0 Å². The minimum absolute atomic E-state index is 0.0127. The number of nitriles is 1. The van der Waals surface area contributed by atoms with Gasteiger partial charge in [-0.1, -0.05) is 13.0 Å². The lowest BCUT2D eigenvalue weighted by atomic mass is 10.1. The van der Waals surface area contributed by atoms with Crippen molar-refractivity contribution in [2.45, 2.75) is 18.2 Å². The second-order valence-electron chi connectivity index (χ2n) is 5.03. The van der Waals surface area contributed by atoms with Crippen molar-refractivity contribution in [3.63, 3.8) is 0 Å². The molecule has 5 nitrogen and oxygen atoms in total. The van der Waals surface area contributed by atoms with Crippen molar-refractivity contribution in [3.8, 4) is 6.07 Å². The number of hydrogen-bond donors (Lipinski definition) is 1. The summed E-state index contributed by atoms with van der Waals surface area (Å²) in [6.07, 6.45) is 2.26. The highest BCUT2D eigenvalue weighted by Crippen LogP contribution is 2.53. The molecule has 1 saturated carbocycles. The van der Waals surface area contributed by atoms with Crippen LogP contribution in [-0.4, -0.2) is 14.3 Å². The van der Waals surface area contributed by atoms with E-state index in [1.807, 2.05) is 6.07 Å². The third-order valence-corrected chi connectivity index (χ3v) is 4.97. The normalized spacial score (nSPS) is 24.5. The minimum atomic E-state index is -3.90. The van der Waals surface area contributed by atoms with E-state index < -0.39 is 21.3 Å². The molecule has 104 valence electrons. The fourth-order valence-electron chi connectivity index (χ4n) is 2.01. The van der Waals surface area contributed by atoms with Gasteiger partial charge in [0, 0.05) is 0 Å². The SMILES string of the molecule is C=C[C@@H]1C[C@]1(C)C(=O)NS(=O)(=O)c1ccc(C#N)cc1. The Balaban J connectivity index is 2.17. The molecule has 0 radical (unpaired) electrons. The lowest BCUT2D eigenvalue weighted by Crippen LogP contribution is -2.36. The number of carbonyl (C=O) groups is 1. The van der Waals surface area contributed by atoms with Gasteiger partial charge in [0.1, 0.15) is 0 Å². The Morgan fingerprint density at radius 3 is 2.55 bits per heavy atom. The van der Waals surface area contributed by atoms with Gasteiger partial charge in [-0.05, 0) is 36.6 Å². The number of rotatable bonds is 4. The van der Waals surface area contributed by atoms with E-state index >= 15 is 0 Å². The maximum absolute atomic E-state index is 12.1. The standard InChI is InChI=1S/C14H14N2O3S/c1-3-11-8-14(11,2)13(17)16-20(18,19)12-6-4-10(9-15)5-7-12/h3-7,11H,1,8H2,2H3,(H,16,17)/t11-,14+/m1/s1. The molecule has 1 aromatic carbocycles. The van der Waals surface area contributed by atoms with Gasteiger partial charge >= 0.3 is 0 Å². The first kappa shape index (κ1) is 14.3. The van der Waals surface area contributed by atoms with Crippen LogP contribution in [0.3, 0.4) is 0 Å². The zero-order chi connectivity index (χ0) is 15.0. The molecule has 1 aromatic rings. The van der Waals surface area contributed by atoms with Gasteiger partial charge in [-0.25, -0.2) is 13.1 Å². The van der Waals surface area contributed by atoms with E-state index in [-0.39, 0.29) is 10.8 Å². The molecule has 20 heavy (non-hydrogen) atoms. The molecule has 1 aliphatic carbocycles. The van der Waals surface area contributed by atoms with Gasteiger partial charge in [-0.15, -0.1) is 6.58 Å². The van der Waals surface area contributed by atoms with Gasteiger partial charge < -0.3 is 0 Å². The summed E-state index contributed by atoms with van der Waals surface area (Å²) in [5.74, 6) is -0.509. The highest BCUT2D eigenvalue weighted by atomic mass is 32.2. The average molecular weight is 290 g/mol. The van der Waals surface area contributed by atoms with Crippen LogP contribution in [-0.2, 0) is 14.8 Å². The van der Waals surface area contributed by atoms with Crippen LogP contribution in [0.4, 0.5) is 0 Å². The van der Waals surface area contributed by atoms with Gasteiger partial charge in [0.05, 0.1) is 21.9 Å². The van der Waals surface area contributed by atoms with Crippen molar-refractivity contribution in [2.75, 3.05) is 0 Å². The molecule has 1 amide bonds. The fraction of sp³-hybridized carbons (Fsp3) is 0.286. The summed E-state index contributed by atoms with van der Waals surface area (Å²) < 4.78 is 26.2. The maximum atomic E-state index is 12.1. The number of nitrogens with zero attached hydrogens (tertiary/aromatic N) is 1. The molecule has 2 atom stereocenters. The van der Waals surface area contributed by atoms with Crippen LogP contribution in [0.15, 0.2) is 41.8 Å². The monoisotopic (exact) mass is 290 g/mol. The molecular formula is C14H14N2O3S. The van der Waals surface area contributed by atoms with Crippen LogP contribution >= 0.6 is 0 Å². The fourth-order valence-corrected chi connectivity index (χ4v) is 3.10. The summed E-state index contributed by atoms with van der Waals surface area (Å²) in [5.41, 5.74) is -0.335. The van der Waals surface area contributed by atoms with Crippen molar-refractivity contribution in [3.05, 3.63) is 42.5 Å². The average Bonchev–Trinajstić information content (AvgIpc) is 3.11. The molecule has 6 heteroatoms.